The first-order chi connectivity index (χ1) is 10.3. The first-order valence-electron chi connectivity index (χ1n) is 7.55. The smallest absolute Gasteiger partial charge is 0.410 e. The quantitative estimate of drug-likeness (QED) is 0.839. The number of piperidine rings is 1. The Hall–Kier alpha value is -2.04. The van der Waals surface area contributed by atoms with Crippen molar-refractivity contribution in [2.75, 3.05) is 13.1 Å². The van der Waals surface area contributed by atoms with Crippen LogP contribution in [-0.4, -0.2) is 35.7 Å². The number of rotatable bonds is 2. The van der Waals surface area contributed by atoms with E-state index in [1.165, 1.54) is 6.07 Å². The van der Waals surface area contributed by atoms with Gasteiger partial charge in [0.05, 0.1) is 5.97 Å². The Morgan fingerprint density at radius 3 is 2.41 bits per heavy atom. The molecule has 0 radical (unpaired) electrons. The molecule has 0 aliphatic carbocycles. The van der Waals surface area contributed by atoms with Crippen LogP contribution in [0.3, 0.4) is 0 Å². The number of aromatic carboxylic acids is 1. The SMILES string of the molecule is CC(C)(C)OC(=O)N1CCC(c2cccc(C(=O)[O-])c2)CC1. The van der Waals surface area contributed by atoms with Crippen LogP contribution >= 0.6 is 0 Å². The van der Waals surface area contributed by atoms with Crippen molar-refractivity contribution in [2.24, 2.45) is 0 Å². The fourth-order valence-corrected chi connectivity index (χ4v) is 2.64. The summed E-state index contributed by atoms with van der Waals surface area (Å²) in [6.07, 6.45) is 1.32. The number of ether oxygens (including phenoxy) is 1. The zero-order valence-electron chi connectivity index (χ0n) is 13.3. The molecule has 5 nitrogen and oxygen atoms in total. The summed E-state index contributed by atoms with van der Waals surface area (Å²) in [6.45, 7) is 6.79. The van der Waals surface area contributed by atoms with Gasteiger partial charge in [-0.1, -0.05) is 18.2 Å². The van der Waals surface area contributed by atoms with Crippen LogP contribution in [0.5, 0.6) is 0 Å². The van der Waals surface area contributed by atoms with Crippen molar-refractivity contribution in [3.8, 4) is 0 Å². The fourth-order valence-electron chi connectivity index (χ4n) is 2.64. The number of benzene rings is 1. The normalized spacial score (nSPS) is 16.4. The summed E-state index contributed by atoms with van der Waals surface area (Å²) in [5, 5.41) is 10.9. The highest BCUT2D eigenvalue weighted by atomic mass is 16.6. The summed E-state index contributed by atoms with van der Waals surface area (Å²) >= 11 is 0. The van der Waals surface area contributed by atoms with Crippen LogP contribution in [0.2, 0.25) is 0 Å². The molecule has 0 saturated carbocycles. The van der Waals surface area contributed by atoms with Crippen LogP contribution in [0, 0.1) is 0 Å². The number of likely N-dealkylation sites (tertiary alicyclic amines) is 1. The molecule has 22 heavy (non-hydrogen) atoms. The summed E-state index contributed by atoms with van der Waals surface area (Å²) in [5.41, 5.74) is 0.703. The molecule has 1 aliphatic rings. The Morgan fingerprint density at radius 1 is 1.23 bits per heavy atom. The molecule has 5 heteroatoms. The molecule has 1 amide bonds. The summed E-state index contributed by atoms with van der Waals surface area (Å²) in [4.78, 5) is 24.7. The van der Waals surface area contributed by atoms with E-state index in [4.69, 9.17) is 4.74 Å². The topological polar surface area (TPSA) is 69.7 Å². The van der Waals surface area contributed by atoms with Gasteiger partial charge in [-0.2, -0.15) is 0 Å². The lowest BCUT2D eigenvalue weighted by Crippen LogP contribution is -2.41. The summed E-state index contributed by atoms with van der Waals surface area (Å²) in [7, 11) is 0. The number of carboxylic acids is 1. The first-order valence-corrected chi connectivity index (χ1v) is 7.55. The lowest BCUT2D eigenvalue weighted by Gasteiger charge is -2.33. The van der Waals surface area contributed by atoms with Crippen molar-refractivity contribution < 1.29 is 19.4 Å². The van der Waals surface area contributed by atoms with Gasteiger partial charge < -0.3 is 19.5 Å². The molecule has 1 saturated heterocycles. The van der Waals surface area contributed by atoms with Gasteiger partial charge in [-0.25, -0.2) is 4.79 Å². The minimum atomic E-state index is -1.16. The maximum absolute atomic E-state index is 12.0. The zero-order valence-corrected chi connectivity index (χ0v) is 13.3. The van der Waals surface area contributed by atoms with Crippen molar-refractivity contribution in [1.82, 2.24) is 4.90 Å². The monoisotopic (exact) mass is 304 g/mol. The Bertz CT molecular complexity index is 554. The van der Waals surface area contributed by atoms with Crippen molar-refractivity contribution in [1.29, 1.82) is 0 Å². The molecule has 1 aliphatic heterocycles. The zero-order chi connectivity index (χ0) is 16.3. The standard InChI is InChI=1S/C17H23NO4/c1-17(2,3)22-16(21)18-9-7-12(8-10-18)13-5-4-6-14(11-13)15(19)20/h4-6,11-12H,7-10H2,1-3H3,(H,19,20)/p-1. The van der Waals surface area contributed by atoms with Crippen molar-refractivity contribution in [2.45, 2.75) is 45.1 Å². The second kappa shape index (κ2) is 6.38. The van der Waals surface area contributed by atoms with E-state index in [0.29, 0.717) is 13.1 Å². The predicted molar refractivity (Wildman–Crippen MR) is 80.6 cm³/mol. The second-order valence-corrected chi connectivity index (χ2v) is 6.65. The summed E-state index contributed by atoms with van der Waals surface area (Å²) in [6, 6.07) is 6.87. The Morgan fingerprint density at radius 2 is 1.86 bits per heavy atom. The minimum Gasteiger partial charge on any atom is -0.545 e. The molecule has 1 fully saturated rings. The van der Waals surface area contributed by atoms with E-state index in [-0.39, 0.29) is 17.6 Å². The third-order valence-corrected chi connectivity index (χ3v) is 3.74. The molecule has 0 aromatic heterocycles. The van der Waals surface area contributed by atoms with Crippen molar-refractivity contribution >= 4 is 12.1 Å². The van der Waals surface area contributed by atoms with Crippen LogP contribution < -0.4 is 5.11 Å². The second-order valence-electron chi connectivity index (χ2n) is 6.65. The molecule has 0 atom stereocenters. The molecule has 120 valence electrons. The van der Waals surface area contributed by atoms with Crippen LogP contribution in [0.25, 0.3) is 0 Å². The van der Waals surface area contributed by atoms with Gasteiger partial charge in [-0.15, -0.1) is 0 Å². The van der Waals surface area contributed by atoms with Gasteiger partial charge in [-0.05, 0) is 56.7 Å². The van der Waals surface area contributed by atoms with E-state index in [1.54, 1.807) is 17.0 Å². The lowest BCUT2D eigenvalue weighted by molar-refractivity contribution is -0.255. The number of carbonyl (C=O) groups excluding carboxylic acids is 2. The van der Waals surface area contributed by atoms with Gasteiger partial charge in [0, 0.05) is 13.1 Å². The predicted octanol–water partition coefficient (Wildman–Crippen LogP) is 2.16. The number of hydrogen-bond acceptors (Lipinski definition) is 4. The highest BCUT2D eigenvalue weighted by molar-refractivity contribution is 5.85. The van der Waals surface area contributed by atoms with Crippen LogP contribution in [0.1, 0.15) is 55.5 Å². The molecule has 1 aromatic rings. The molecule has 1 heterocycles. The van der Waals surface area contributed by atoms with Gasteiger partial charge in [0.1, 0.15) is 5.60 Å². The Balaban J connectivity index is 1.96. The van der Waals surface area contributed by atoms with E-state index in [2.05, 4.69) is 0 Å². The maximum Gasteiger partial charge on any atom is 0.410 e. The minimum absolute atomic E-state index is 0.201. The van der Waals surface area contributed by atoms with E-state index < -0.39 is 11.6 Å². The summed E-state index contributed by atoms with van der Waals surface area (Å²) in [5.74, 6) is -0.897. The van der Waals surface area contributed by atoms with Gasteiger partial charge >= 0.3 is 6.09 Å². The molecular weight excluding hydrogens is 282 g/mol. The number of nitrogens with zero attached hydrogens (tertiary/aromatic N) is 1. The van der Waals surface area contributed by atoms with E-state index in [9.17, 15) is 14.7 Å². The number of carboxylic acid groups (broad SMARTS) is 1. The number of carbonyl (C=O) groups is 2. The molecule has 0 unspecified atom stereocenters. The van der Waals surface area contributed by atoms with Gasteiger partial charge in [0.2, 0.25) is 0 Å². The highest BCUT2D eigenvalue weighted by Crippen LogP contribution is 2.29. The largest absolute Gasteiger partial charge is 0.545 e. The van der Waals surface area contributed by atoms with Gasteiger partial charge in [0.15, 0.2) is 0 Å². The Labute approximate surface area is 130 Å². The molecule has 1 aromatic carbocycles. The molecule has 0 N–H and O–H groups in total. The van der Waals surface area contributed by atoms with Crippen molar-refractivity contribution in [3.63, 3.8) is 0 Å². The molecule has 0 bridgehead atoms. The number of hydrogen-bond donors (Lipinski definition) is 0. The van der Waals surface area contributed by atoms with Gasteiger partial charge in [-0.3, -0.25) is 0 Å². The highest BCUT2D eigenvalue weighted by Gasteiger charge is 2.27. The lowest BCUT2D eigenvalue weighted by atomic mass is 9.89. The fraction of sp³-hybridized carbons (Fsp3) is 0.529. The average molecular weight is 304 g/mol. The first kappa shape index (κ1) is 16.3. The van der Waals surface area contributed by atoms with Gasteiger partial charge in [0.25, 0.3) is 0 Å². The van der Waals surface area contributed by atoms with E-state index in [1.807, 2.05) is 26.8 Å². The summed E-state index contributed by atoms with van der Waals surface area (Å²) < 4.78 is 5.37. The average Bonchev–Trinajstić information content (AvgIpc) is 2.46. The third-order valence-electron chi connectivity index (χ3n) is 3.74. The molecule has 0 spiro atoms. The van der Waals surface area contributed by atoms with Crippen LogP contribution in [-0.2, 0) is 4.74 Å². The van der Waals surface area contributed by atoms with Crippen LogP contribution in [0.15, 0.2) is 24.3 Å². The van der Waals surface area contributed by atoms with Crippen LogP contribution in [0.4, 0.5) is 4.79 Å². The van der Waals surface area contributed by atoms with Crippen molar-refractivity contribution in [3.05, 3.63) is 35.4 Å². The van der Waals surface area contributed by atoms with E-state index >= 15 is 0 Å². The number of amides is 1. The molecular formula is C17H22NO4-. The third kappa shape index (κ3) is 4.23. The molecule has 2 rings (SSSR count). The van der Waals surface area contributed by atoms with E-state index in [0.717, 1.165) is 18.4 Å². The maximum atomic E-state index is 12.0. The Kier molecular flexibility index (Phi) is 4.74.